The summed E-state index contributed by atoms with van der Waals surface area (Å²) in [6.45, 7) is 6.24. The number of methoxy groups -OCH3 is 1. The lowest BCUT2D eigenvalue weighted by Gasteiger charge is -2.36. The van der Waals surface area contributed by atoms with Crippen LogP contribution in [0.5, 0.6) is 5.75 Å². The van der Waals surface area contributed by atoms with Gasteiger partial charge in [0.2, 0.25) is 11.8 Å². The molecule has 4 amide bonds. The summed E-state index contributed by atoms with van der Waals surface area (Å²) >= 11 is 0. The maximum Gasteiger partial charge on any atom is 0.255 e. The number of rotatable bonds is 11. The van der Waals surface area contributed by atoms with Crippen LogP contribution in [0.25, 0.3) is 22.3 Å². The topological polar surface area (TPSA) is 197 Å². The lowest BCUT2D eigenvalue weighted by atomic mass is 10.0. The standard InChI is InChI=1S/C47H47FN12O5/c1-65-39-12-6-31(48)21-37(39)45(62)51-22-28-2-4-29(5-3-28)42-41-43(49)52-27-53-44(41)60(55-42)35-14-15-58(26-35)34-8-7-32(50-23-34)25-56-16-18-57(19-17-56)33-9-10-36-30(20-33)24-59(47(36)64)38-11-13-40(61)54-46(38)63/h2-10,12,20-21,23,27,35,38H,11,13-19,22,24-26H2,1H3,(H,51,62)(H2,49,52,53)(H,54,61,63). The number of pyridine rings is 1. The molecule has 0 saturated carbocycles. The number of ether oxygens (including phenoxy) is 1. The molecule has 4 aliphatic rings. The van der Waals surface area contributed by atoms with E-state index in [2.05, 4.69) is 53.5 Å². The highest BCUT2D eigenvalue weighted by molar-refractivity contribution is 6.05. The fourth-order valence-corrected chi connectivity index (χ4v) is 9.39. The Bertz CT molecular complexity index is 2830. The number of benzene rings is 3. The second-order valence-corrected chi connectivity index (χ2v) is 16.9. The van der Waals surface area contributed by atoms with Gasteiger partial charge in [0, 0.05) is 82.1 Å². The molecule has 7 heterocycles. The number of piperazine rings is 1. The number of aromatic nitrogens is 5. The molecule has 17 nitrogen and oxygen atoms in total. The Hall–Kier alpha value is -7.47. The van der Waals surface area contributed by atoms with Crippen molar-refractivity contribution in [1.29, 1.82) is 0 Å². The molecule has 332 valence electrons. The number of halogens is 1. The fourth-order valence-electron chi connectivity index (χ4n) is 9.39. The largest absolute Gasteiger partial charge is 0.496 e. The summed E-state index contributed by atoms with van der Waals surface area (Å²) in [5.74, 6) is -1.19. The van der Waals surface area contributed by atoms with E-state index in [0.29, 0.717) is 53.4 Å². The average molecular weight is 879 g/mol. The van der Waals surface area contributed by atoms with Crippen LogP contribution in [0, 0.1) is 5.82 Å². The van der Waals surface area contributed by atoms with Gasteiger partial charge in [-0.05, 0) is 72.5 Å². The van der Waals surface area contributed by atoms with Gasteiger partial charge in [0.25, 0.3) is 11.8 Å². The van der Waals surface area contributed by atoms with Crippen molar-refractivity contribution in [3.05, 3.63) is 119 Å². The first-order chi connectivity index (χ1) is 31.6. The molecule has 6 aromatic rings. The first kappa shape index (κ1) is 41.5. The molecule has 65 heavy (non-hydrogen) atoms. The van der Waals surface area contributed by atoms with Crippen molar-refractivity contribution in [2.75, 3.05) is 61.9 Å². The quantitative estimate of drug-likeness (QED) is 0.158. The van der Waals surface area contributed by atoms with E-state index in [1.54, 1.807) is 4.90 Å². The van der Waals surface area contributed by atoms with Gasteiger partial charge in [-0.3, -0.25) is 34.4 Å². The van der Waals surface area contributed by atoms with Crippen LogP contribution in [0.15, 0.2) is 85.3 Å². The Morgan fingerprint density at radius 1 is 0.908 bits per heavy atom. The second-order valence-electron chi connectivity index (χ2n) is 16.9. The van der Waals surface area contributed by atoms with Crippen molar-refractivity contribution in [2.24, 2.45) is 0 Å². The van der Waals surface area contributed by atoms with Crippen molar-refractivity contribution >= 4 is 51.9 Å². The molecule has 3 aromatic carbocycles. The maximum atomic E-state index is 13.9. The van der Waals surface area contributed by atoms with Crippen molar-refractivity contribution in [3.8, 4) is 17.0 Å². The maximum absolute atomic E-state index is 13.9. The Balaban J connectivity index is 0.743. The number of imide groups is 1. The Morgan fingerprint density at radius 2 is 1.72 bits per heavy atom. The van der Waals surface area contributed by atoms with E-state index < -0.39 is 23.7 Å². The van der Waals surface area contributed by atoms with Gasteiger partial charge in [0.1, 0.15) is 35.4 Å². The molecule has 3 saturated heterocycles. The van der Waals surface area contributed by atoms with Crippen molar-refractivity contribution < 1.29 is 28.3 Å². The molecular formula is C47H47FN12O5. The third kappa shape index (κ3) is 8.16. The van der Waals surface area contributed by atoms with E-state index in [9.17, 15) is 23.6 Å². The van der Waals surface area contributed by atoms with Crippen LogP contribution < -0.4 is 30.9 Å². The second kappa shape index (κ2) is 17.2. The third-order valence-electron chi connectivity index (χ3n) is 12.9. The number of carbonyl (C=O) groups excluding carboxylic acids is 4. The minimum absolute atomic E-state index is 0.0289. The SMILES string of the molecule is COc1ccc(F)cc1C(=O)NCc1ccc(-c2nn(C3CCN(c4ccc(CN5CCN(c6ccc7c(c6)CN(C6CCC(=O)NC6=O)C7=O)CC5)nc4)C3)c3ncnc(N)c23)cc1. The lowest BCUT2D eigenvalue weighted by Crippen LogP contribution is -2.52. The number of nitrogens with two attached hydrogens (primary N) is 1. The average Bonchev–Trinajstić information content (AvgIpc) is 4.05. The van der Waals surface area contributed by atoms with Gasteiger partial charge in [-0.2, -0.15) is 5.10 Å². The minimum Gasteiger partial charge on any atom is -0.496 e. The Kier molecular flexibility index (Phi) is 11.0. The van der Waals surface area contributed by atoms with Crippen LogP contribution in [0.3, 0.4) is 0 Å². The first-order valence-corrected chi connectivity index (χ1v) is 21.7. The molecule has 4 N–H and O–H groups in total. The van der Waals surface area contributed by atoms with Crippen molar-refractivity contribution in [3.63, 3.8) is 0 Å². The molecule has 3 aromatic heterocycles. The zero-order chi connectivity index (χ0) is 44.8. The normalized spacial score (nSPS) is 18.9. The van der Waals surface area contributed by atoms with Crippen LogP contribution in [-0.2, 0) is 29.2 Å². The molecule has 0 aliphatic carbocycles. The number of piperidine rings is 1. The lowest BCUT2D eigenvalue weighted by molar-refractivity contribution is -0.136. The monoisotopic (exact) mass is 878 g/mol. The number of nitrogen functional groups attached to an aromatic ring is 1. The summed E-state index contributed by atoms with van der Waals surface area (Å²) in [6.07, 6.45) is 4.84. The van der Waals surface area contributed by atoms with Crippen LogP contribution in [0.1, 0.15) is 62.8 Å². The number of hydrogen-bond donors (Lipinski definition) is 3. The predicted octanol–water partition coefficient (Wildman–Crippen LogP) is 4.08. The Labute approximate surface area is 373 Å². The molecule has 0 spiro atoms. The highest BCUT2D eigenvalue weighted by atomic mass is 19.1. The highest BCUT2D eigenvalue weighted by Crippen LogP contribution is 2.36. The van der Waals surface area contributed by atoms with Gasteiger partial charge < -0.3 is 30.5 Å². The molecule has 18 heteroatoms. The molecule has 2 atom stereocenters. The summed E-state index contributed by atoms with van der Waals surface area (Å²) in [4.78, 5) is 72.6. The number of fused-ring (bicyclic) bond motifs is 2. The van der Waals surface area contributed by atoms with Crippen molar-refractivity contribution in [2.45, 2.75) is 51.0 Å². The van der Waals surface area contributed by atoms with E-state index in [1.807, 2.05) is 47.3 Å². The van der Waals surface area contributed by atoms with Gasteiger partial charge in [0.15, 0.2) is 5.65 Å². The highest BCUT2D eigenvalue weighted by Gasteiger charge is 2.39. The van der Waals surface area contributed by atoms with E-state index >= 15 is 0 Å². The van der Waals surface area contributed by atoms with Gasteiger partial charge in [0.05, 0.1) is 41.7 Å². The number of carbonyl (C=O) groups is 4. The van der Waals surface area contributed by atoms with E-state index in [4.69, 9.17) is 20.6 Å². The van der Waals surface area contributed by atoms with Crippen LogP contribution in [0.2, 0.25) is 0 Å². The van der Waals surface area contributed by atoms with Crippen LogP contribution >= 0.6 is 0 Å². The summed E-state index contributed by atoms with van der Waals surface area (Å²) in [5.41, 5.74) is 14.2. The van der Waals surface area contributed by atoms with E-state index in [1.165, 1.54) is 25.6 Å². The summed E-state index contributed by atoms with van der Waals surface area (Å²) in [5, 5.41) is 11.0. The predicted molar refractivity (Wildman–Crippen MR) is 239 cm³/mol. The molecule has 10 rings (SSSR count). The van der Waals surface area contributed by atoms with Gasteiger partial charge >= 0.3 is 0 Å². The zero-order valence-corrected chi connectivity index (χ0v) is 35.7. The fraction of sp³-hybridized carbons (Fsp3) is 0.319. The molecule has 0 bridgehead atoms. The third-order valence-corrected chi connectivity index (χ3v) is 12.9. The smallest absolute Gasteiger partial charge is 0.255 e. The van der Waals surface area contributed by atoms with E-state index in [0.717, 1.165) is 85.5 Å². The molecule has 3 fully saturated rings. The van der Waals surface area contributed by atoms with Crippen LogP contribution in [0.4, 0.5) is 21.6 Å². The van der Waals surface area contributed by atoms with Crippen molar-refractivity contribution in [1.82, 2.24) is 45.2 Å². The number of anilines is 3. The molecule has 0 radical (unpaired) electrons. The van der Waals surface area contributed by atoms with E-state index in [-0.39, 0.29) is 36.4 Å². The Morgan fingerprint density at radius 3 is 2.49 bits per heavy atom. The van der Waals surface area contributed by atoms with Gasteiger partial charge in [-0.15, -0.1) is 0 Å². The minimum atomic E-state index is -0.626. The van der Waals surface area contributed by atoms with Gasteiger partial charge in [-0.25, -0.2) is 19.0 Å². The van der Waals surface area contributed by atoms with Gasteiger partial charge in [-0.1, -0.05) is 24.3 Å². The summed E-state index contributed by atoms with van der Waals surface area (Å²) in [6, 6.07) is 21.0. The number of hydrogen-bond acceptors (Lipinski definition) is 13. The molecule has 4 aliphatic heterocycles. The number of nitrogens with zero attached hydrogens (tertiary/aromatic N) is 9. The summed E-state index contributed by atoms with van der Waals surface area (Å²) in [7, 11) is 1.44. The summed E-state index contributed by atoms with van der Waals surface area (Å²) < 4.78 is 21.1. The first-order valence-electron chi connectivity index (χ1n) is 21.7. The number of nitrogens with one attached hydrogen (secondary N) is 2. The van der Waals surface area contributed by atoms with Crippen LogP contribution in [-0.4, -0.2) is 111 Å². The molecule has 2 unspecified atom stereocenters. The molecular weight excluding hydrogens is 832 g/mol. The zero-order valence-electron chi connectivity index (χ0n) is 35.7. The number of amides is 4.